The standard InChI is InChI=1S/C25H32ClN3O3S/c26-18-10-12-19(13-11-18)32-15-24-28-22(16-33-24)25(31)29-21-8-4-3-7-20(21)27-23(30)14-9-17-5-1-2-6-17/h10-13,16-17,20-21H,1-9,14-15H2,(H,27,30)(H,29,31)/t20-,21-/m0/s1. The third-order valence-corrected chi connectivity index (χ3v) is 7.72. The molecule has 2 fully saturated rings. The van der Waals surface area contributed by atoms with Gasteiger partial charge in [0.2, 0.25) is 5.91 Å². The Morgan fingerprint density at radius 1 is 1.00 bits per heavy atom. The van der Waals surface area contributed by atoms with E-state index < -0.39 is 0 Å². The number of benzene rings is 1. The predicted molar refractivity (Wildman–Crippen MR) is 131 cm³/mol. The van der Waals surface area contributed by atoms with Gasteiger partial charge >= 0.3 is 0 Å². The van der Waals surface area contributed by atoms with E-state index in [-0.39, 0.29) is 23.9 Å². The molecule has 0 aliphatic heterocycles. The number of nitrogens with zero attached hydrogens (tertiary/aromatic N) is 1. The van der Waals surface area contributed by atoms with Crippen molar-refractivity contribution >= 4 is 34.8 Å². The van der Waals surface area contributed by atoms with E-state index in [2.05, 4.69) is 15.6 Å². The smallest absolute Gasteiger partial charge is 0.271 e. The summed E-state index contributed by atoms with van der Waals surface area (Å²) in [7, 11) is 0. The van der Waals surface area contributed by atoms with Crippen LogP contribution in [0.15, 0.2) is 29.6 Å². The number of hydrogen-bond donors (Lipinski definition) is 2. The van der Waals surface area contributed by atoms with Crippen molar-refractivity contribution in [1.29, 1.82) is 0 Å². The molecule has 1 aromatic carbocycles. The van der Waals surface area contributed by atoms with Crippen LogP contribution in [-0.2, 0) is 11.4 Å². The van der Waals surface area contributed by atoms with Gasteiger partial charge in [-0.25, -0.2) is 4.98 Å². The normalized spacial score (nSPS) is 21.0. The Bertz CT molecular complexity index is 927. The van der Waals surface area contributed by atoms with Crippen molar-refractivity contribution in [1.82, 2.24) is 15.6 Å². The van der Waals surface area contributed by atoms with E-state index >= 15 is 0 Å². The molecule has 33 heavy (non-hydrogen) atoms. The summed E-state index contributed by atoms with van der Waals surface area (Å²) in [5.74, 6) is 1.33. The van der Waals surface area contributed by atoms with Crippen LogP contribution in [0.3, 0.4) is 0 Å². The highest BCUT2D eigenvalue weighted by molar-refractivity contribution is 7.09. The van der Waals surface area contributed by atoms with Gasteiger partial charge in [-0.05, 0) is 49.4 Å². The van der Waals surface area contributed by atoms with Crippen molar-refractivity contribution in [2.45, 2.75) is 82.9 Å². The Labute approximate surface area is 204 Å². The first kappa shape index (κ1) is 24.0. The van der Waals surface area contributed by atoms with Gasteiger partial charge in [-0.15, -0.1) is 11.3 Å². The summed E-state index contributed by atoms with van der Waals surface area (Å²) < 4.78 is 5.72. The molecule has 6 nitrogen and oxygen atoms in total. The lowest BCUT2D eigenvalue weighted by Crippen LogP contribution is -2.53. The van der Waals surface area contributed by atoms with E-state index in [0.717, 1.165) is 37.1 Å². The summed E-state index contributed by atoms with van der Waals surface area (Å²) in [4.78, 5) is 29.8. The van der Waals surface area contributed by atoms with E-state index in [1.54, 1.807) is 29.6 Å². The van der Waals surface area contributed by atoms with Gasteiger partial charge in [-0.2, -0.15) is 0 Å². The second-order valence-electron chi connectivity index (χ2n) is 9.10. The Morgan fingerprint density at radius 2 is 1.67 bits per heavy atom. The fourth-order valence-corrected chi connectivity index (χ4v) is 5.60. The quantitative estimate of drug-likeness (QED) is 0.487. The van der Waals surface area contributed by atoms with Gasteiger partial charge in [-0.3, -0.25) is 9.59 Å². The second kappa shape index (κ2) is 11.8. The van der Waals surface area contributed by atoms with Crippen LogP contribution in [0.25, 0.3) is 0 Å². The van der Waals surface area contributed by atoms with Crippen molar-refractivity contribution < 1.29 is 14.3 Å². The zero-order valence-corrected chi connectivity index (χ0v) is 20.4. The van der Waals surface area contributed by atoms with Crippen LogP contribution < -0.4 is 15.4 Å². The largest absolute Gasteiger partial charge is 0.486 e. The van der Waals surface area contributed by atoms with E-state index in [1.807, 2.05) is 0 Å². The molecule has 8 heteroatoms. The highest BCUT2D eigenvalue weighted by atomic mass is 35.5. The Kier molecular flexibility index (Phi) is 8.62. The van der Waals surface area contributed by atoms with Crippen LogP contribution in [0.2, 0.25) is 5.02 Å². The fraction of sp³-hybridized carbons (Fsp3) is 0.560. The van der Waals surface area contributed by atoms with E-state index in [0.29, 0.717) is 35.4 Å². The average molecular weight is 490 g/mol. The van der Waals surface area contributed by atoms with Crippen molar-refractivity contribution in [2.24, 2.45) is 5.92 Å². The molecule has 2 aliphatic carbocycles. The zero-order valence-electron chi connectivity index (χ0n) is 18.9. The molecule has 0 unspecified atom stereocenters. The van der Waals surface area contributed by atoms with Crippen LogP contribution in [0.5, 0.6) is 5.75 Å². The summed E-state index contributed by atoms with van der Waals surface area (Å²) in [6, 6.07) is 7.07. The third kappa shape index (κ3) is 7.18. The Morgan fingerprint density at radius 3 is 2.39 bits per heavy atom. The second-order valence-corrected chi connectivity index (χ2v) is 10.5. The maximum atomic E-state index is 12.8. The number of ether oxygens (including phenoxy) is 1. The third-order valence-electron chi connectivity index (χ3n) is 6.64. The molecule has 2 aromatic rings. The SMILES string of the molecule is O=C(CCC1CCCC1)N[C@H]1CCCC[C@@H]1NC(=O)c1csc(COc2ccc(Cl)cc2)n1. The fourth-order valence-electron chi connectivity index (χ4n) is 4.79. The molecule has 1 aromatic heterocycles. The number of rotatable bonds is 9. The molecule has 1 heterocycles. The number of amides is 2. The molecule has 0 spiro atoms. The lowest BCUT2D eigenvalue weighted by atomic mass is 9.90. The minimum Gasteiger partial charge on any atom is -0.486 e. The summed E-state index contributed by atoms with van der Waals surface area (Å²) >= 11 is 7.29. The maximum Gasteiger partial charge on any atom is 0.271 e. The maximum absolute atomic E-state index is 12.8. The molecule has 2 saturated carbocycles. The summed E-state index contributed by atoms with van der Waals surface area (Å²) in [5, 5.41) is 9.46. The molecule has 0 bridgehead atoms. The van der Waals surface area contributed by atoms with Crippen molar-refractivity contribution in [3.8, 4) is 5.75 Å². The molecule has 4 rings (SSSR count). The van der Waals surface area contributed by atoms with Gasteiger partial charge < -0.3 is 15.4 Å². The Hall–Kier alpha value is -2.12. The van der Waals surface area contributed by atoms with Gasteiger partial charge in [0.05, 0.1) is 0 Å². The van der Waals surface area contributed by atoms with E-state index in [4.69, 9.17) is 16.3 Å². The molecular formula is C25H32ClN3O3S. The van der Waals surface area contributed by atoms with Crippen molar-refractivity contribution in [3.05, 3.63) is 45.4 Å². The predicted octanol–water partition coefficient (Wildman–Crippen LogP) is 5.50. The van der Waals surface area contributed by atoms with Crippen LogP contribution in [-0.4, -0.2) is 28.9 Å². The lowest BCUT2D eigenvalue weighted by molar-refractivity contribution is -0.122. The molecule has 2 atom stereocenters. The number of aromatic nitrogens is 1. The highest BCUT2D eigenvalue weighted by Gasteiger charge is 2.29. The van der Waals surface area contributed by atoms with Crippen molar-refractivity contribution in [3.63, 3.8) is 0 Å². The average Bonchev–Trinajstić information content (AvgIpc) is 3.51. The topological polar surface area (TPSA) is 80.3 Å². The van der Waals surface area contributed by atoms with Crippen LogP contribution in [0.1, 0.15) is 79.7 Å². The summed E-state index contributed by atoms with van der Waals surface area (Å²) in [6.07, 6.45) is 10.6. The van der Waals surface area contributed by atoms with E-state index in [9.17, 15) is 9.59 Å². The number of thiazole rings is 1. The van der Waals surface area contributed by atoms with Gasteiger partial charge in [0.25, 0.3) is 5.91 Å². The number of carbonyl (C=O) groups is 2. The van der Waals surface area contributed by atoms with Crippen LogP contribution >= 0.6 is 22.9 Å². The minimum absolute atomic E-state index is 0.00915. The first-order chi connectivity index (χ1) is 16.1. The van der Waals surface area contributed by atoms with Gasteiger partial charge in [-0.1, -0.05) is 50.1 Å². The molecule has 2 aliphatic rings. The lowest BCUT2D eigenvalue weighted by Gasteiger charge is -2.32. The monoisotopic (exact) mass is 489 g/mol. The highest BCUT2D eigenvalue weighted by Crippen LogP contribution is 2.28. The number of nitrogens with one attached hydrogen (secondary N) is 2. The van der Waals surface area contributed by atoms with Crippen LogP contribution in [0.4, 0.5) is 0 Å². The molecular weight excluding hydrogens is 458 g/mol. The molecule has 0 saturated heterocycles. The molecule has 2 N–H and O–H groups in total. The van der Waals surface area contributed by atoms with E-state index in [1.165, 1.54) is 37.0 Å². The van der Waals surface area contributed by atoms with Gasteiger partial charge in [0.1, 0.15) is 23.1 Å². The van der Waals surface area contributed by atoms with Gasteiger partial charge in [0, 0.05) is 28.9 Å². The Balaban J connectivity index is 1.26. The minimum atomic E-state index is -0.193. The molecule has 178 valence electrons. The first-order valence-corrected chi connectivity index (χ1v) is 13.3. The summed E-state index contributed by atoms with van der Waals surface area (Å²) in [6.45, 7) is 0.294. The first-order valence-electron chi connectivity index (χ1n) is 12.0. The number of hydrogen-bond acceptors (Lipinski definition) is 5. The van der Waals surface area contributed by atoms with Crippen LogP contribution in [0, 0.1) is 5.92 Å². The number of carbonyl (C=O) groups excluding carboxylic acids is 2. The molecule has 0 radical (unpaired) electrons. The number of halogens is 1. The van der Waals surface area contributed by atoms with Gasteiger partial charge in [0.15, 0.2) is 0 Å². The zero-order chi connectivity index (χ0) is 23.0. The van der Waals surface area contributed by atoms with Crippen molar-refractivity contribution in [2.75, 3.05) is 0 Å². The molecule has 2 amide bonds. The summed E-state index contributed by atoms with van der Waals surface area (Å²) in [5.41, 5.74) is 0.395.